The molecule has 1 aromatic carbocycles. The molecule has 0 saturated carbocycles. The Bertz CT molecular complexity index is 468. The molecule has 5 heteroatoms. The lowest BCUT2D eigenvalue weighted by molar-refractivity contribution is -0.124. The number of halogens is 1. The number of amides is 2. The first-order valence-corrected chi connectivity index (χ1v) is 5.51. The average molecular weight is 281 g/mol. The number of hydrogen-bond acceptors (Lipinski definition) is 3. The van der Waals surface area contributed by atoms with Crippen LogP contribution in [0.1, 0.15) is 5.56 Å². The van der Waals surface area contributed by atoms with Gasteiger partial charge in [0.1, 0.15) is 10.2 Å². The van der Waals surface area contributed by atoms with Crippen molar-refractivity contribution in [3.63, 3.8) is 0 Å². The van der Waals surface area contributed by atoms with E-state index in [0.29, 0.717) is 6.54 Å². The largest absolute Gasteiger partial charge is 0.375 e. The van der Waals surface area contributed by atoms with Crippen molar-refractivity contribution in [3.8, 4) is 0 Å². The maximum atomic E-state index is 11.3. The molecule has 1 aliphatic heterocycles. The summed E-state index contributed by atoms with van der Waals surface area (Å²) in [7, 11) is 0. The Morgan fingerprint density at radius 1 is 1.12 bits per heavy atom. The maximum Gasteiger partial charge on any atom is 0.275 e. The molecule has 16 heavy (non-hydrogen) atoms. The highest BCUT2D eigenvalue weighted by molar-refractivity contribution is 9.12. The zero-order chi connectivity index (χ0) is 11.5. The van der Waals surface area contributed by atoms with Gasteiger partial charge in [-0.2, -0.15) is 0 Å². The van der Waals surface area contributed by atoms with Crippen LogP contribution >= 0.6 is 15.9 Å². The molecule has 82 valence electrons. The topological polar surface area (TPSA) is 58.2 Å². The number of nitrogens with one attached hydrogen (secondary N) is 2. The van der Waals surface area contributed by atoms with Crippen molar-refractivity contribution in [1.29, 1.82) is 0 Å². The highest BCUT2D eigenvalue weighted by atomic mass is 79.9. The lowest BCUT2D eigenvalue weighted by Gasteiger charge is -2.05. The minimum Gasteiger partial charge on any atom is -0.375 e. The summed E-state index contributed by atoms with van der Waals surface area (Å²) in [5, 5.41) is 5.12. The number of carbonyl (C=O) groups excluding carboxylic acids is 2. The predicted octanol–water partition coefficient (Wildman–Crippen LogP) is 1.04. The molecule has 0 radical (unpaired) electrons. The van der Waals surface area contributed by atoms with Crippen LogP contribution in [0.2, 0.25) is 0 Å². The standard InChI is InChI=1S/C11H9BrN2O2/c12-8-9(11(16)14-10(8)15)13-6-7-4-2-1-3-5-7/h1-5H,6H2,(H2,13,14,15,16). The molecular weight excluding hydrogens is 272 g/mol. The Labute approximate surface area is 101 Å². The molecule has 2 amide bonds. The molecule has 2 rings (SSSR count). The highest BCUT2D eigenvalue weighted by Gasteiger charge is 2.28. The van der Waals surface area contributed by atoms with Crippen LogP contribution in [0.15, 0.2) is 40.5 Å². The third-order valence-electron chi connectivity index (χ3n) is 2.19. The van der Waals surface area contributed by atoms with Crippen molar-refractivity contribution in [2.24, 2.45) is 0 Å². The van der Waals surface area contributed by atoms with Gasteiger partial charge in [-0.05, 0) is 21.5 Å². The Hall–Kier alpha value is -1.62. The highest BCUT2D eigenvalue weighted by Crippen LogP contribution is 2.16. The van der Waals surface area contributed by atoms with Crippen molar-refractivity contribution in [2.45, 2.75) is 6.54 Å². The van der Waals surface area contributed by atoms with Crippen LogP contribution in [0.25, 0.3) is 0 Å². The van der Waals surface area contributed by atoms with E-state index in [4.69, 9.17) is 0 Å². The van der Waals surface area contributed by atoms with Crippen LogP contribution in [-0.4, -0.2) is 11.8 Å². The average Bonchev–Trinajstić information content (AvgIpc) is 2.53. The Balaban J connectivity index is 2.06. The van der Waals surface area contributed by atoms with E-state index in [2.05, 4.69) is 26.6 Å². The molecule has 1 heterocycles. The van der Waals surface area contributed by atoms with Crippen molar-refractivity contribution in [2.75, 3.05) is 0 Å². The van der Waals surface area contributed by atoms with Gasteiger partial charge < -0.3 is 5.32 Å². The van der Waals surface area contributed by atoms with E-state index in [0.717, 1.165) is 5.56 Å². The Morgan fingerprint density at radius 2 is 1.81 bits per heavy atom. The molecule has 1 aromatic rings. The minimum atomic E-state index is -0.402. The fourth-order valence-corrected chi connectivity index (χ4v) is 1.80. The van der Waals surface area contributed by atoms with Gasteiger partial charge in [-0.25, -0.2) is 0 Å². The second-order valence-electron chi connectivity index (χ2n) is 3.31. The van der Waals surface area contributed by atoms with Gasteiger partial charge in [0, 0.05) is 6.54 Å². The summed E-state index contributed by atoms with van der Waals surface area (Å²) < 4.78 is 0.258. The number of benzene rings is 1. The molecule has 0 aliphatic carbocycles. The summed E-state index contributed by atoms with van der Waals surface area (Å²) in [4.78, 5) is 22.5. The number of rotatable bonds is 3. The minimum absolute atomic E-state index is 0.258. The first-order chi connectivity index (χ1) is 7.68. The molecular formula is C11H9BrN2O2. The van der Waals surface area contributed by atoms with Gasteiger partial charge in [0.15, 0.2) is 0 Å². The predicted molar refractivity (Wildman–Crippen MR) is 62.4 cm³/mol. The Kier molecular flexibility index (Phi) is 3.05. The molecule has 4 nitrogen and oxygen atoms in total. The molecule has 0 atom stereocenters. The summed E-state index contributed by atoms with van der Waals surface area (Å²) >= 11 is 3.07. The lowest BCUT2D eigenvalue weighted by Crippen LogP contribution is -2.27. The fourth-order valence-electron chi connectivity index (χ4n) is 1.38. The maximum absolute atomic E-state index is 11.3. The van der Waals surface area contributed by atoms with E-state index in [9.17, 15) is 9.59 Å². The van der Waals surface area contributed by atoms with Crippen LogP contribution < -0.4 is 10.6 Å². The zero-order valence-electron chi connectivity index (χ0n) is 8.29. The molecule has 1 aliphatic rings. The smallest absolute Gasteiger partial charge is 0.275 e. The summed E-state index contributed by atoms with van der Waals surface area (Å²) in [5.41, 5.74) is 1.33. The Morgan fingerprint density at radius 3 is 2.38 bits per heavy atom. The zero-order valence-corrected chi connectivity index (χ0v) is 9.87. The summed E-state index contributed by atoms with van der Waals surface area (Å²) in [6.07, 6.45) is 0. The van der Waals surface area contributed by atoms with Gasteiger partial charge >= 0.3 is 0 Å². The van der Waals surface area contributed by atoms with E-state index in [1.54, 1.807) is 0 Å². The van der Waals surface area contributed by atoms with Gasteiger partial charge in [0.05, 0.1) is 0 Å². The molecule has 0 aromatic heterocycles. The first-order valence-electron chi connectivity index (χ1n) is 4.72. The van der Waals surface area contributed by atoms with Crippen LogP contribution in [-0.2, 0) is 16.1 Å². The summed E-state index contributed by atoms with van der Waals surface area (Å²) in [5.74, 6) is -0.798. The van der Waals surface area contributed by atoms with E-state index >= 15 is 0 Å². The number of hydrogen-bond donors (Lipinski definition) is 2. The molecule has 0 saturated heterocycles. The van der Waals surface area contributed by atoms with Crippen molar-refractivity contribution in [1.82, 2.24) is 10.6 Å². The third kappa shape index (κ3) is 2.14. The van der Waals surface area contributed by atoms with Crippen LogP contribution in [0.5, 0.6) is 0 Å². The molecule has 0 bridgehead atoms. The lowest BCUT2D eigenvalue weighted by atomic mass is 10.2. The van der Waals surface area contributed by atoms with E-state index in [1.807, 2.05) is 30.3 Å². The van der Waals surface area contributed by atoms with Gasteiger partial charge in [0.25, 0.3) is 11.8 Å². The first kappa shape index (κ1) is 10.9. The van der Waals surface area contributed by atoms with Crippen molar-refractivity contribution >= 4 is 27.7 Å². The van der Waals surface area contributed by atoms with Crippen molar-refractivity contribution < 1.29 is 9.59 Å². The summed E-state index contributed by atoms with van der Waals surface area (Å²) in [6, 6.07) is 9.64. The molecule has 2 N–H and O–H groups in total. The van der Waals surface area contributed by atoms with E-state index in [-0.39, 0.29) is 10.2 Å². The number of carbonyl (C=O) groups is 2. The van der Waals surface area contributed by atoms with Crippen LogP contribution in [0, 0.1) is 0 Å². The SMILES string of the molecule is O=C1NC(=O)C(NCc2ccccc2)=C1Br. The quantitative estimate of drug-likeness (QED) is 0.814. The van der Waals surface area contributed by atoms with E-state index in [1.165, 1.54) is 0 Å². The van der Waals surface area contributed by atoms with Gasteiger partial charge in [-0.15, -0.1) is 0 Å². The second kappa shape index (κ2) is 4.49. The third-order valence-corrected chi connectivity index (χ3v) is 2.94. The summed E-state index contributed by atoms with van der Waals surface area (Å²) in [6.45, 7) is 0.506. The van der Waals surface area contributed by atoms with Gasteiger partial charge in [-0.1, -0.05) is 30.3 Å². The molecule has 0 spiro atoms. The molecule has 0 fully saturated rings. The van der Waals surface area contributed by atoms with Crippen LogP contribution in [0.3, 0.4) is 0 Å². The normalized spacial score (nSPS) is 15.3. The van der Waals surface area contributed by atoms with Crippen molar-refractivity contribution in [3.05, 3.63) is 46.1 Å². The van der Waals surface area contributed by atoms with Gasteiger partial charge in [-0.3, -0.25) is 14.9 Å². The van der Waals surface area contributed by atoms with E-state index < -0.39 is 11.8 Å². The second-order valence-corrected chi connectivity index (χ2v) is 4.10. The van der Waals surface area contributed by atoms with Gasteiger partial charge in [0.2, 0.25) is 0 Å². The fraction of sp³-hybridized carbons (Fsp3) is 0.0909. The molecule has 0 unspecified atom stereocenters. The van der Waals surface area contributed by atoms with Crippen LogP contribution in [0.4, 0.5) is 0 Å². The monoisotopic (exact) mass is 280 g/mol. The number of imide groups is 1.